The number of amides is 2. The molecule has 2 fully saturated rings. The third kappa shape index (κ3) is 7.70. The normalized spacial score (nSPS) is 17.8. The molecule has 2 saturated heterocycles. The molecular weight excluding hydrogens is 581 g/mol. The first kappa shape index (κ1) is 32.4. The number of halogens is 6. The molecule has 4 rings (SSSR count). The van der Waals surface area contributed by atoms with Gasteiger partial charge >= 0.3 is 153 Å². The molecule has 9 nitrogen and oxygen atoms in total. The van der Waals surface area contributed by atoms with Crippen LogP contribution in [0.25, 0.3) is 0 Å². The number of hydrogen-bond acceptors (Lipinski definition) is 6. The molecule has 232 valence electrons. The van der Waals surface area contributed by atoms with E-state index in [1.165, 1.54) is 9.71 Å². The van der Waals surface area contributed by atoms with Crippen LogP contribution in [-0.4, -0.2) is 94.4 Å². The van der Waals surface area contributed by atoms with Crippen LogP contribution in [0.3, 0.4) is 0 Å². The van der Waals surface area contributed by atoms with Crippen LogP contribution >= 0.6 is 0 Å². The number of hydrogen-bond donors (Lipinski definition) is 0. The van der Waals surface area contributed by atoms with Crippen molar-refractivity contribution in [2.75, 3.05) is 37.5 Å². The van der Waals surface area contributed by atoms with E-state index in [1.54, 1.807) is 18.3 Å². The van der Waals surface area contributed by atoms with E-state index in [4.69, 9.17) is 0 Å². The van der Waals surface area contributed by atoms with Gasteiger partial charge in [0.25, 0.3) is 0 Å². The first-order valence-electron chi connectivity index (χ1n) is 13.9. The first-order chi connectivity index (χ1) is 20.3. The van der Waals surface area contributed by atoms with Crippen molar-refractivity contribution in [3.05, 3.63) is 53.5 Å². The summed E-state index contributed by atoms with van der Waals surface area (Å²) in [5, 5.41) is 0. The SMILES string of the molecule is CCN(B=O)c1cc(CN2CCC(F)(C(=O)N3CCC(N(Cc4ncc(F)cc4F)C(=O)C(F)(F)F)CC3)CC2)ccn1. The Labute approximate surface area is 245 Å². The fraction of sp³-hybridized carbons (Fsp3) is 0.556. The van der Waals surface area contributed by atoms with Crippen molar-refractivity contribution in [3.8, 4) is 0 Å². The summed E-state index contributed by atoms with van der Waals surface area (Å²) in [4.78, 5) is 38.2. The monoisotopic (exact) mass is 612 g/mol. The molecule has 2 aromatic rings. The van der Waals surface area contributed by atoms with Crippen LogP contribution in [0.15, 0.2) is 30.6 Å². The van der Waals surface area contributed by atoms with E-state index in [0.717, 1.165) is 5.56 Å². The minimum atomic E-state index is -5.25. The number of carbonyl (C=O) groups excluding carboxylic acids is 2. The average molecular weight is 612 g/mol. The van der Waals surface area contributed by atoms with E-state index in [9.17, 15) is 36.2 Å². The number of likely N-dealkylation sites (tertiary alicyclic amines) is 2. The molecule has 43 heavy (non-hydrogen) atoms. The molecular formula is C27H31BF6N6O3. The van der Waals surface area contributed by atoms with Crippen LogP contribution in [-0.2, 0) is 27.4 Å². The van der Waals surface area contributed by atoms with Gasteiger partial charge in [0.05, 0.1) is 18.4 Å². The topological polar surface area (TPSA) is 90.0 Å². The second kappa shape index (κ2) is 13.4. The predicted octanol–water partition coefficient (Wildman–Crippen LogP) is 3.43. The number of piperidine rings is 2. The van der Waals surface area contributed by atoms with Crippen LogP contribution in [0.4, 0.5) is 32.2 Å². The van der Waals surface area contributed by atoms with Crippen molar-refractivity contribution in [2.24, 2.45) is 0 Å². The van der Waals surface area contributed by atoms with Crippen LogP contribution in [0.1, 0.15) is 43.9 Å². The average Bonchev–Trinajstić information content (AvgIpc) is 2.98. The molecule has 0 unspecified atom stereocenters. The first-order valence-corrected chi connectivity index (χ1v) is 13.9. The molecule has 0 bridgehead atoms. The van der Waals surface area contributed by atoms with Crippen LogP contribution in [0.5, 0.6) is 0 Å². The van der Waals surface area contributed by atoms with Crippen LogP contribution < -0.4 is 4.81 Å². The Morgan fingerprint density at radius 2 is 1.77 bits per heavy atom. The fourth-order valence-corrected chi connectivity index (χ4v) is 5.46. The van der Waals surface area contributed by atoms with Crippen molar-refractivity contribution in [1.29, 1.82) is 0 Å². The Morgan fingerprint density at radius 1 is 1.09 bits per heavy atom. The Kier molecular flexibility index (Phi) is 10.1. The molecule has 0 aliphatic carbocycles. The van der Waals surface area contributed by atoms with Crippen molar-refractivity contribution >= 4 is 24.9 Å². The quantitative estimate of drug-likeness (QED) is 0.317. The van der Waals surface area contributed by atoms with Crippen molar-refractivity contribution < 1.29 is 40.6 Å². The maximum atomic E-state index is 15.9. The Balaban J connectivity index is 1.35. The Bertz CT molecular complexity index is 1320. The van der Waals surface area contributed by atoms with E-state index >= 15 is 4.39 Å². The van der Waals surface area contributed by atoms with Gasteiger partial charge in [-0.05, 0) is 12.8 Å². The van der Waals surface area contributed by atoms with Gasteiger partial charge in [0.15, 0.2) is 0 Å². The van der Waals surface area contributed by atoms with Crippen LogP contribution in [0.2, 0.25) is 0 Å². The maximum absolute atomic E-state index is 15.9. The third-order valence-corrected chi connectivity index (χ3v) is 7.91. The standard InChI is InChI=1S/C27H31BF6N6O3/c1-2-40(28-43)23-13-18(3-8-35-23)16-37-11-6-26(31,7-12-37)24(41)38-9-4-20(5-10-38)39(25(42)27(32,33)34)17-22-21(30)14-19(29)15-36-22/h3,8,13-15,20H,2,4-7,9-12,16-17H2,1H3. The summed E-state index contributed by atoms with van der Waals surface area (Å²) in [6, 6.07) is 3.02. The zero-order valence-corrected chi connectivity index (χ0v) is 23.5. The number of nitrogens with zero attached hydrogens (tertiary/aromatic N) is 6. The molecule has 2 aromatic heterocycles. The zero-order chi connectivity index (χ0) is 31.4. The summed E-state index contributed by atoms with van der Waals surface area (Å²) in [6.45, 7) is 2.28. The van der Waals surface area contributed by atoms with Crippen molar-refractivity contribution in [2.45, 2.75) is 63.6 Å². The van der Waals surface area contributed by atoms with Gasteiger partial charge in [0, 0.05) is 12.1 Å². The second-order valence-corrected chi connectivity index (χ2v) is 10.7. The van der Waals surface area contributed by atoms with Gasteiger partial charge in [-0.1, -0.05) is 0 Å². The Morgan fingerprint density at radius 3 is 2.35 bits per heavy atom. The molecule has 2 amide bonds. The van der Waals surface area contributed by atoms with Gasteiger partial charge < -0.3 is 4.90 Å². The molecule has 0 radical (unpaired) electrons. The van der Waals surface area contributed by atoms with E-state index < -0.39 is 53.6 Å². The van der Waals surface area contributed by atoms with Gasteiger partial charge in [-0.3, -0.25) is 9.78 Å². The minimum absolute atomic E-state index is 0.0761. The van der Waals surface area contributed by atoms with E-state index in [0.29, 0.717) is 43.4 Å². The van der Waals surface area contributed by atoms with Gasteiger partial charge in [0.1, 0.15) is 11.6 Å². The summed E-state index contributed by atoms with van der Waals surface area (Å²) in [6.07, 6.45) is -3.34. The number of rotatable bonds is 9. The molecule has 16 heteroatoms. The summed E-state index contributed by atoms with van der Waals surface area (Å²) in [5.41, 5.74) is -1.80. The van der Waals surface area contributed by atoms with E-state index in [1.807, 2.05) is 11.8 Å². The number of pyridine rings is 2. The molecule has 0 aromatic carbocycles. The molecule has 0 spiro atoms. The number of alkyl halides is 4. The fourth-order valence-electron chi connectivity index (χ4n) is 5.46. The number of aromatic nitrogens is 2. The van der Waals surface area contributed by atoms with Gasteiger partial charge in [-0.2, -0.15) is 13.2 Å². The second-order valence-electron chi connectivity index (χ2n) is 10.7. The number of anilines is 1. The molecule has 2 aliphatic heterocycles. The molecule has 0 saturated carbocycles. The molecule has 0 N–H and O–H groups in total. The molecule has 0 atom stereocenters. The van der Waals surface area contributed by atoms with E-state index in [-0.39, 0.29) is 51.9 Å². The molecule has 2 aliphatic rings. The summed E-state index contributed by atoms with van der Waals surface area (Å²) in [7, 11) is 0.688. The summed E-state index contributed by atoms with van der Waals surface area (Å²) < 4.78 is 94.6. The Hall–Kier alpha value is -3.56. The summed E-state index contributed by atoms with van der Waals surface area (Å²) in [5.74, 6) is -4.66. The van der Waals surface area contributed by atoms with Gasteiger partial charge in [0.2, 0.25) is 0 Å². The van der Waals surface area contributed by atoms with Crippen molar-refractivity contribution in [1.82, 2.24) is 24.7 Å². The zero-order valence-electron chi connectivity index (χ0n) is 23.5. The van der Waals surface area contributed by atoms with Gasteiger partial charge in [-0.25, -0.2) is 8.78 Å². The van der Waals surface area contributed by atoms with Crippen LogP contribution in [0, 0.1) is 11.6 Å². The van der Waals surface area contributed by atoms with Gasteiger partial charge in [-0.15, -0.1) is 0 Å². The van der Waals surface area contributed by atoms with Crippen molar-refractivity contribution in [3.63, 3.8) is 0 Å². The van der Waals surface area contributed by atoms with E-state index in [2.05, 4.69) is 9.97 Å². The predicted molar refractivity (Wildman–Crippen MR) is 142 cm³/mol. The molecule has 4 heterocycles. The summed E-state index contributed by atoms with van der Waals surface area (Å²) >= 11 is 0. The number of carbonyl (C=O) groups is 2. The third-order valence-electron chi connectivity index (χ3n) is 7.91.